The van der Waals surface area contributed by atoms with Crippen molar-refractivity contribution >= 4 is 31.2 Å². The van der Waals surface area contributed by atoms with Crippen LogP contribution in [0.2, 0.25) is 0 Å². The average Bonchev–Trinajstić information content (AvgIpc) is 3.01. The molecule has 130 valence electrons. The Balaban J connectivity index is 2.06. The molecule has 1 unspecified atom stereocenters. The zero-order valence-electron chi connectivity index (χ0n) is 13.5. The quantitative estimate of drug-likeness (QED) is 0.811. The second kappa shape index (κ2) is 6.25. The summed E-state index contributed by atoms with van der Waals surface area (Å²) in [6.45, 7) is 2.38. The molecule has 1 aromatic carbocycles. The molecule has 2 heterocycles. The van der Waals surface area contributed by atoms with E-state index in [0.717, 1.165) is 11.8 Å². The Bertz CT molecular complexity index is 961. The molecule has 1 aliphatic heterocycles. The van der Waals surface area contributed by atoms with Gasteiger partial charge in [0.15, 0.2) is 9.84 Å². The van der Waals surface area contributed by atoms with Crippen LogP contribution in [0.15, 0.2) is 45.5 Å². The molecule has 1 atom stereocenters. The van der Waals surface area contributed by atoms with E-state index in [9.17, 15) is 16.8 Å². The Labute approximate surface area is 146 Å². The number of hydrogen-bond donors (Lipinski definition) is 0. The molecular weight excluding hydrogens is 366 g/mol. The minimum absolute atomic E-state index is 0.0184. The standard InChI is InChI=1S/C16H19NO4S3/c1-3-15-14-8-10-22-16(14)7-9-17(15)24(20,21)13-6-4-5-12(11-13)23(2,18)19/h4-6,8,10-11,15H,3,7,9H2,1-2H3. The van der Waals surface area contributed by atoms with E-state index in [2.05, 4.69) is 0 Å². The van der Waals surface area contributed by atoms with E-state index in [0.29, 0.717) is 19.4 Å². The van der Waals surface area contributed by atoms with E-state index < -0.39 is 19.9 Å². The third-order valence-electron chi connectivity index (χ3n) is 4.27. The van der Waals surface area contributed by atoms with Crippen molar-refractivity contribution < 1.29 is 16.8 Å². The van der Waals surface area contributed by atoms with Crippen LogP contribution in [0.25, 0.3) is 0 Å². The summed E-state index contributed by atoms with van der Waals surface area (Å²) in [5, 5.41) is 1.99. The van der Waals surface area contributed by atoms with E-state index in [4.69, 9.17) is 0 Å². The summed E-state index contributed by atoms with van der Waals surface area (Å²) in [6, 6.07) is 7.39. The maximum Gasteiger partial charge on any atom is 0.243 e. The molecule has 0 saturated heterocycles. The summed E-state index contributed by atoms with van der Waals surface area (Å²) in [6.07, 6.45) is 2.44. The van der Waals surface area contributed by atoms with Crippen LogP contribution >= 0.6 is 11.3 Å². The van der Waals surface area contributed by atoms with Crippen molar-refractivity contribution in [3.63, 3.8) is 0 Å². The van der Waals surface area contributed by atoms with Gasteiger partial charge in [0.2, 0.25) is 10.0 Å². The Hall–Kier alpha value is -1.22. The average molecular weight is 386 g/mol. The maximum atomic E-state index is 13.1. The number of fused-ring (bicyclic) bond motifs is 1. The number of rotatable bonds is 4. The van der Waals surface area contributed by atoms with E-state index in [-0.39, 0.29) is 15.8 Å². The minimum atomic E-state index is -3.75. The fourth-order valence-electron chi connectivity index (χ4n) is 3.09. The molecule has 8 heteroatoms. The molecule has 5 nitrogen and oxygen atoms in total. The lowest BCUT2D eigenvalue weighted by Crippen LogP contribution is -2.39. The first-order chi connectivity index (χ1) is 11.2. The normalized spacial score (nSPS) is 19.2. The molecular formula is C16H19NO4S3. The van der Waals surface area contributed by atoms with Crippen LogP contribution < -0.4 is 0 Å². The highest BCUT2D eigenvalue weighted by Gasteiger charge is 2.36. The molecule has 0 amide bonds. The first-order valence-electron chi connectivity index (χ1n) is 7.63. The highest BCUT2D eigenvalue weighted by Crippen LogP contribution is 2.38. The predicted molar refractivity (Wildman–Crippen MR) is 94.5 cm³/mol. The number of thiophene rings is 1. The van der Waals surface area contributed by atoms with Gasteiger partial charge in [-0.1, -0.05) is 13.0 Å². The molecule has 1 aromatic heterocycles. The number of sulfonamides is 1. The molecule has 0 aliphatic carbocycles. The van der Waals surface area contributed by atoms with Gasteiger partial charge in [0.25, 0.3) is 0 Å². The van der Waals surface area contributed by atoms with Gasteiger partial charge in [-0.15, -0.1) is 11.3 Å². The largest absolute Gasteiger partial charge is 0.243 e. The molecule has 0 saturated carbocycles. The van der Waals surface area contributed by atoms with Gasteiger partial charge in [-0.25, -0.2) is 16.8 Å². The van der Waals surface area contributed by atoms with Crippen molar-refractivity contribution in [3.8, 4) is 0 Å². The Morgan fingerprint density at radius 1 is 1.17 bits per heavy atom. The summed E-state index contributed by atoms with van der Waals surface area (Å²) in [5.41, 5.74) is 1.07. The fraction of sp³-hybridized carbons (Fsp3) is 0.375. The maximum absolute atomic E-state index is 13.1. The van der Waals surface area contributed by atoms with E-state index >= 15 is 0 Å². The Morgan fingerprint density at radius 2 is 1.88 bits per heavy atom. The third kappa shape index (κ3) is 3.03. The molecule has 24 heavy (non-hydrogen) atoms. The van der Waals surface area contributed by atoms with Crippen LogP contribution in [0.1, 0.15) is 29.8 Å². The molecule has 0 spiro atoms. The molecule has 0 radical (unpaired) electrons. The Morgan fingerprint density at radius 3 is 2.54 bits per heavy atom. The van der Waals surface area contributed by atoms with Crippen molar-refractivity contribution in [2.45, 2.75) is 35.6 Å². The smallest absolute Gasteiger partial charge is 0.224 e. The summed E-state index contributed by atoms with van der Waals surface area (Å²) in [5.74, 6) is 0. The summed E-state index contributed by atoms with van der Waals surface area (Å²) in [4.78, 5) is 1.28. The van der Waals surface area contributed by atoms with Crippen molar-refractivity contribution in [3.05, 3.63) is 46.2 Å². The van der Waals surface area contributed by atoms with Gasteiger partial charge in [0.05, 0.1) is 15.8 Å². The lowest BCUT2D eigenvalue weighted by atomic mass is 10.0. The molecule has 3 rings (SSSR count). The Kier molecular flexibility index (Phi) is 4.59. The van der Waals surface area contributed by atoms with E-state index in [1.807, 2.05) is 18.4 Å². The van der Waals surface area contributed by atoms with Crippen molar-refractivity contribution in [2.24, 2.45) is 0 Å². The highest BCUT2D eigenvalue weighted by molar-refractivity contribution is 7.91. The number of hydrogen-bond acceptors (Lipinski definition) is 5. The number of nitrogens with zero attached hydrogens (tertiary/aromatic N) is 1. The molecule has 0 N–H and O–H groups in total. The molecule has 0 bridgehead atoms. The molecule has 0 fully saturated rings. The zero-order chi connectivity index (χ0) is 17.5. The van der Waals surface area contributed by atoms with E-state index in [1.54, 1.807) is 11.3 Å². The lowest BCUT2D eigenvalue weighted by molar-refractivity contribution is 0.303. The van der Waals surface area contributed by atoms with Crippen molar-refractivity contribution in [2.75, 3.05) is 12.8 Å². The van der Waals surface area contributed by atoms with Crippen LogP contribution in [0.3, 0.4) is 0 Å². The van der Waals surface area contributed by atoms with Gasteiger partial charge < -0.3 is 0 Å². The third-order valence-corrected chi connectivity index (χ3v) is 8.28. The SMILES string of the molecule is CCC1c2ccsc2CCN1S(=O)(=O)c1cccc(S(C)(=O)=O)c1. The van der Waals surface area contributed by atoms with Crippen LogP contribution in [0, 0.1) is 0 Å². The van der Waals surface area contributed by atoms with Gasteiger partial charge in [0.1, 0.15) is 0 Å². The van der Waals surface area contributed by atoms with Gasteiger partial charge >= 0.3 is 0 Å². The monoisotopic (exact) mass is 385 g/mol. The topological polar surface area (TPSA) is 71.5 Å². The highest BCUT2D eigenvalue weighted by atomic mass is 32.2. The van der Waals surface area contributed by atoms with Crippen LogP contribution in [-0.4, -0.2) is 33.9 Å². The van der Waals surface area contributed by atoms with Gasteiger partial charge in [-0.05, 0) is 48.1 Å². The second-order valence-electron chi connectivity index (χ2n) is 5.84. The van der Waals surface area contributed by atoms with Crippen molar-refractivity contribution in [1.82, 2.24) is 4.31 Å². The lowest BCUT2D eigenvalue weighted by Gasteiger charge is -2.34. The van der Waals surface area contributed by atoms with Gasteiger partial charge in [-0.2, -0.15) is 4.31 Å². The van der Waals surface area contributed by atoms with Crippen molar-refractivity contribution in [1.29, 1.82) is 0 Å². The summed E-state index contributed by atoms with van der Waals surface area (Å²) in [7, 11) is -7.21. The first kappa shape index (κ1) is 17.6. The minimum Gasteiger partial charge on any atom is -0.224 e. The van der Waals surface area contributed by atoms with Crippen LogP contribution in [0.5, 0.6) is 0 Å². The number of benzene rings is 1. The first-order valence-corrected chi connectivity index (χ1v) is 11.8. The van der Waals surface area contributed by atoms with Crippen LogP contribution in [-0.2, 0) is 26.3 Å². The zero-order valence-corrected chi connectivity index (χ0v) is 15.9. The van der Waals surface area contributed by atoms with Crippen LogP contribution in [0.4, 0.5) is 0 Å². The fourth-order valence-corrected chi connectivity index (χ4v) is 6.48. The second-order valence-corrected chi connectivity index (χ2v) is 10.7. The number of sulfone groups is 1. The molecule has 1 aliphatic rings. The predicted octanol–water partition coefficient (Wildman–Crippen LogP) is 2.85. The summed E-state index contributed by atoms with van der Waals surface area (Å²) >= 11 is 1.66. The summed E-state index contributed by atoms with van der Waals surface area (Å²) < 4.78 is 51.2. The van der Waals surface area contributed by atoms with Gasteiger partial charge in [0, 0.05) is 17.7 Å². The van der Waals surface area contributed by atoms with Gasteiger partial charge in [-0.3, -0.25) is 0 Å². The van der Waals surface area contributed by atoms with E-state index in [1.165, 1.54) is 33.4 Å². The molecule has 2 aromatic rings.